The van der Waals surface area contributed by atoms with E-state index >= 15 is 0 Å². The van der Waals surface area contributed by atoms with E-state index in [2.05, 4.69) is 26.7 Å². The molecule has 0 spiro atoms. The van der Waals surface area contributed by atoms with Crippen molar-refractivity contribution in [1.82, 2.24) is 19.8 Å². The molecule has 0 radical (unpaired) electrons. The molecule has 2 aromatic rings. The Kier molecular flexibility index (Phi) is 5.99. The van der Waals surface area contributed by atoms with Gasteiger partial charge in [-0.05, 0) is 56.6 Å². The number of anilines is 3. The van der Waals surface area contributed by atoms with Crippen molar-refractivity contribution in [2.75, 3.05) is 36.8 Å². The lowest BCUT2D eigenvalue weighted by Gasteiger charge is -2.18. The van der Waals surface area contributed by atoms with Crippen LogP contribution in [0.5, 0.6) is 0 Å². The Labute approximate surface area is 196 Å². The third-order valence-corrected chi connectivity index (χ3v) is 6.79. The van der Waals surface area contributed by atoms with Crippen LogP contribution in [0.25, 0.3) is 0 Å². The first-order chi connectivity index (χ1) is 16.3. The average molecular weight is 475 g/mol. The lowest BCUT2D eigenvalue weighted by molar-refractivity contribution is -0.137. The molecule has 1 aliphatic carbocycles. The van der Waals surface area contributed by atoms with E-state index in [1.807, 2.05) is 24.0 Å². The van der Waals surface area contributed by atoms with Crippen LogP contribution in [0.4, 0.5) is 35.4 Å². The van der Waals surface area contributed by atoms with Gasteiger partial charge < -0.3 is 20.4 Å². The van der Waals surface area contributed by atoms with Gasteiger partial charge in [0.2, 0.25) is 5.95 Å². The monoisotopic (exact) mass is 474 g/mol. The Morgan fingerprint density at radius 1 is 1.21 bits per heavy atom. The molecule has 0 unspecified atom stereocenters. The highest BCUT2D eigenvalue weighted by Crippen LogP contribution is 2.44. The number of aryl methyl sites for hydroxylation is 1. The Morgan fingerprint density at radius 3 is 2.76 bits per heavy atom. The fourth-order valence-corrected chi connectivity index (χ4v) is 4.89. The van der Waals surface area contributed by atoms with E-state index in [1.54, 1.807) is 4.90 Å². The largest absolute Gasteiger partial charge is 0.421 e. The van der Waals surface area contributed by atoms with Crippen LogP contribution in [0, 0.1) is 6.92 Å². The summed E-state index contributed by atoms with van der Waals surface area (Å²) >= 11 is 0. The first-order valence-electron chi connectivity index (χ1n) is 11.9. The smallest absolute Gasteiger partial charge is 0.369 e. The lowest BCUT2D eigenvalue weighted by atomic mass is 10.1. The highest BCUT2D eigenvalue weighted by molar-refractivity contribution is 5.77. The molecule has 2 aliphatic heterocycles. The van der Waals surface area contributed by atoms with Crippen LogP contribution in [-0.4, -0.2) is 58.0 Å². The fraction of sp³-hybridized carbons (Fsp3) is 0.542. The van der Waals surface area contributed by atoms with Gasteiger partial charge in [-0.15, -0.1) is 0 Å². The van der Waals surface area contributed by atoms with Crippen LogP contribution in [0.1, 0.15) is 54.7 Å². The molecule has 10 heteroatoms. The molecule has 3 fully saturated rings. The van der Waals surface area contributed by atoms with Crippen LogP contribution in [0.2, 0.25) is 0 Å². The second kappa shape index (κ2) is 8.96. The number of rotatable bonds is 8. The first kappa shape index (κ1) is 22.7. The van der Waals surface area contributed by atoms with Crippen LogP contribution in [0.15, 0.2) is 24.4 Å². The molecular formula is C24H29F3N6O. The highest BCUT2D eigenvalue weighted by Gasteiger charge is 2.39. The zero-order valence-electron chi connectivity index (χ0n) is 19.2. The lowest BCUT2D eigenvalue weighted by Crippen LogP contribution is -2.33. The number of hydrogen-bond donors (Lipinski definition) is 2. The SMILES string of the molecule is Cc1ccc(Nc2ncc(C(F)(F)F)c(NCCCN3C[C@@H]4CCCN4C3=O)n2)c(C2CC2)c1. The van der Waals surface area contributed by atoms with Gasteiger partial charge >= 0.3 is 12.2 Å². The van der Waals surface area contributed by atoms with Crippen LogP contribution >= 0.6 is 0 Å². The van der Waals surface area contributed by atoms with Crippen molar-refractivity contribution in [1.29, 1.82) is 0 Å². The maximum Gasteiger partial charge on any atom is 0.421 e. The predicted octanol–water partition coefficient (Wildman–Crippen LogP) is 5.13. The van der Waals surface area contributed by atoms with E-state index in [9.17, 15) is 18.0 Å². The standard InChI is InChI=1S/C24H29F3N6O/c1-15-5-8-20(18(12-15)16-6-7-16)30-22-29-13-19(24(25,26)27)21(31-22)28-9-3-10-32-14-17-4-2-11-33(17)23(32)34/h5,8,12-13,16-17H,2-4,6-7,9-11,14H2,1H3,(H2,28,29,30,31)/t17-/m0/s1. The van der Waals surface area contributed by atoms with E-state index in [0.717, 1.165) is 55.2 Å². The summed E-state index contributed by atoms with van der Waals surface area (Å²) in [6.45, 7) is 4.30. The van der Waals surface area contributed by atoms with Gasteiger partial charge in [-0.2, -0.15) is 18.2 Å². The molecule has 1 aromatic carbocycles. The van der Waals surface area contributed by atoms with Gasteiger partial charge in [0.25, 0.3) is 0 Å². The maximum atomic E-state index is 13.6. The number of urea groups is 1. The molecule has 34 heavy (non-hydrogen) atoms. The third-order valence-electron chi connectivity index (χ3n) is 6.79. The predicted molar refractivity (Wildman–Crippen MR) is 123 cm³/mol. The van der Waals surface area contributed by atoms with Crippen molar-refractivity contribution in [2.45, 2.75) is 57.2 Å². The highest BCUT2D eigenvalue weighted by atomic mass is 19.4. The van der Waals surface area contributed by atoms with Crippen molar-refractivity contribution >= 4 is 23.5 Å². The molecule has 1 saturated carbocycles. The molecule has 2 amide bonds. The minimum atomic E-state index is -4.57. The summed E-state index contributed by atoms with van der Waals surface area (Å²) in [6.07, 6.45) is 1.06. The minimum absolute atomic E-state index is 0.0385. The number of benzene rings is 1. The van der Waals surface area contributed by atoms with Gasteiger partial charge in [0, 0.05) is 38.1 Å². The van der Waals surface area contributed by atoms with Crippen molar-refractivity contribution in [3.63, 3.8) is 0 Å². The number of hydrogen-bond acceptors (Lipinski definition) is 5. The van der Waals surface area contributed by atoms with Crippen LogP contribution in [0.3, 0.4) is 0 Å². The Bertz CT molecular complexity index is 1070. The van der Waals surface area contributed by atoms with Crippen molar-refractivity contribution in [3.8, 4) is 0 Å². The van der Waals surface area contributed by atoms with Crippen molar-refractivity contribution in [3.05, 3.63) is 41.1 Å². The zero-order valence-corrected chi connectivity index (χ0v) is 19.2. The summed E-state index contributed by atoms with van der Waals surface area (Å²) in [4.78, 5) is 24.2. The number of fused-ring (bicyclic) bond motifs is 1. The molecule has 5 rings (SSSR count). The van der Waals surface area contributed by atoms with Gasteiger partial charge in [-0.25, -0.2) is 9.78 Å². The molecule has 1 atom stereocenters. The molecule has 1 aromatic heterocycles. The quantitative estimate of drug-likeness (QED) is 0.519. The van der Waals surface area contributed by atoms with Gasteiger partial charge in [-0.1, -0.05) is 17.7 Å². The van der Waals surface area contributed by atoms with E-state index in [1.165, 1.54) is 0 Å². The van der Waals surface area contributed by atoms with Crippen molar-refractivity contribution < 1.29 is 18.0 Å². The number of carbonyl (C=O) groups excluding carboxylic acids is 1. The molecule has 7 nitrogen and oxygen atoms in total. The number of amides is 2. The van der Waals surface area contributed by atoms with Gasteiger partial charge in [0.05, 0.1) is 6.04 Å². The third kappa shape index (κ3) is 4.76. The number of aromatic nitrogens is 2. The van der Waals surface area contributed by atoms with Gasteiger partial charge in [0.15, 0.2) is 0 Å². The summed E-state index contributed by atoms with van der Waals surface area (Å²) in [6, 6.07) is 6.32. The first-order valence-corrected chi connectivity index (χ1v) is 11.9. The Balaban J connectivity index is 1.25. The second-order valence-electron chi connectivity index (χ2n) is 9.44. The Hall–Kier alpha value is -3.04. The molecule has 2 saturated heterocycles. The van der Waals surface area contributed by atoms with Crippen LogP contribution in [-0.2, 0) is 6.18 Å². The van der Waals surface area contributed by atoms with Crippen molar-refractivity contribution in [2.24, 2.45) is 0 Å². The number of alkyl halides is 3. The maximum absolute atomic E-state index is 13.6. The fourth-order valence-electron chi connectivity index (χ4n) is 4.89. The zero-order chi connectivity index (χ0) is 23.9. The molecule has 182 valence electrons. The molecular weight excluding hydrogens is 445 g/mol. The Morgan fingerprint density at radius 2 is 2.03 bits per heavy atom. The number of carbonyl (C=O) groups is 1. The number of nitrogens with one attached hydrogen (secondary N) is 2. The molecule has 2 N–H and O–H groups in total. The van der Waals surface area contributed by atoms with E-state index in [4.69, 9.17) is 0 Å². The summed E-state index contributed by atoms with van der Waals surface area (Å²) in [5.74, 6) is 0.341. The van der Waals surface area contributed by atoms with E-state index in [0.29, 0.717) is 25.4 Å². The topological polar surface area (TPSA) is 73.4 Å². The van der Waals surface area contributed by atoms with E-state index < -0.39 is 11.7 Å². The summed E-state index contributed by atoms with van der Waals surface area (Å²) in [5.41, 5.74) is 2.21. The summed E-state index contributed by atoms with van der Waals surface area (Å²) in [5, 5.41) is 5.95. The van der Waals surface area contributed by atoms with E-state index in [-0.39, 0.29) is 30.4 Å². The molecule has 0 bridgehead atoms. The number of nitrogens with zero attached hydrogens (tertiary/aromatic N) is 4. The molecule has 3 heterocycles. The second-order valence-corrected chi connectivity index (χ2v) is 9.44. The average Bonchev–Trinajstić information content (AvgIpc) is 3.46. The van der Waals surface area contributed by atoms with Gasteiger partial charge in [0.1, 0.15) is 11.4 Å². The van der Waals surface area contributed by atoms with Crippen LogP contribution < -0.4 is 10.6 Å². The number of halogens is 3. The minimum Gasteiger partial charge on any atom is -0.369 e. The summed E-state index contributed by atoms with van der Waals surface area (Å²) in [7, 11) is 0. The normalized spacial score (nSPS) is 20.1. The molecule has 3 aliphatic rings. The summed E-state index contributed by atoms with van der Waals surface area (Å²) < 4.78 is 40.7. The van der Waals surface area contributed by atoms with Gasteiger partial charge in [-0.3, -0.25) is 0 Å².